The van der Waals surface area contributed by atoms with Crippen LogP contribution >= 0.6 is 7.82 Å². The van der Waals surface area contributed by atoms with E-state index >= 15 is 0 Å². The predicted octanol–water partition coefficient (Wildman–Crippen LogP) is 28.0. The Morgan fingerprint density at radius 3 is 0.845 bits per heavy atom. The van der Waals surface area contributed by atoms with Gasteiger partial charge in [0.05, 0.1) is 13.2 Å². The van der Waals surface area contributed by atoms with Gasteiger partial charge < -0.3 is 20.1 Å². The molecule has 9 nitrogen and oxygen atoms in total. The van der Waals surface area contributed by atoms with Crippen LogP contribution < -0.4 is 5.73 Å². The minimum atomic E-state index is -4.40. The first-order valence-corrected chi connectivity index (χ1v) is 42.9. The van der Waals surface area contributed by atoms with Crippen LogP contribution in [0.15, 0.2) is 109 Å². The number of allylic oxidation sites excluding steroid dienone is 18. The molecule has 0 rings (SSSR count). The second-order valence-electron chi connectivity index (χ2n) is 27.6. The summed E-state index contributed by atoms with van der Waals surface area (Å²) in [5.41, 5.74) is 5.42. The smallest absolute Gasteiger partial charge is 0.462 e. The van der Waals surface area contributed by atoms with Crippen LogP contribution in [0.5, 0.6) is 0 Å². The van der Waals surface area contributed by atoms with Crippen molar-refractivity contribution < 1.29 is 37.6 Å². The highest BCUT2D eigenvalue weighted by Gasteiger charge is 2.26. The van der Waals surface area contributed by atoms with Crippen molar-refractivity contribution >= 4 is 19.8 Å². The summed E-state index contributed by atoms with van der Waals surface area (Å²) in [6.45, 7) is 3.67. The van der Waals surface area contributed by atoms with Crippen LogP contribution in [0, 0.1) is 0 Å². The van der Waals surface area contributed by atoms with Gasteiger partial charge in [-0.3, -0.25) is 18.6 Å². The van der Waals surface area contributed by atoms with Crippen LogP contribution in [-0.2, 0) is 32.7 Å². The molecule has 0 aliphatic heterocycles. The first-order valence-electron chi connectivity index (χ1n) is 41.4. The molecule has 2 unspecified atom stereocenters. The van der Waals surface area contributed by atoms with Crippen LogP contribution in [0.25, 0.3) is 0 Å². The minimum Gasteiger partial charge on any atom is -0.462 e. The first kappa shape index (κ1) is 93.7. The molecule has 0 aromatic heterocycles. The summed E-state index contributed by atoms with van der Waals surface area (Å²) in [6, 6.07) is 0. The lowest BCUT2D eigenvalue weighted by molar-refractivity contribution is -0.161. The zero-order valence-corrected chi connectivity index (χ0v) is 64.4. The first-order chi connectivity index (χ1) is 47.8. The summed E-state index contributed by atoms with van der Waals surface area (Å²) in [5.74, 6) is -0.811. The summed E-state index contributed by atoms with van der Waals surface area (Å²) < 4.78 is 33.3. The molecule has 562 valence electrons. The molecule has 0 fully saturated rings. The van der Waals surface area contributed by atoms with E-state index in [1.54, 1.807) is 0 Å². The van der Waals surface area contributed by atoms with E-state index in [4.69, 9.17) is 24.3 Å². The molecule has 10 heteroatoms. The van der Waals surface area contributed by atoms with Gasteiger partial charge in [-0.05, 0) is 103 Å². The molecule has 0 aromatic carbocycles. The number of hydrogen-bond donors (Lipinski definition) is 2. The lowest BCUT2D eigenvalue weighted by atomic mass is 10.0. The molecule has 0 saturated carbocycles. The van der Waals surface area contributed by atoms with Gasteiger partial charge in [-0.1, -0.05) is 393 Å². The van der Waals surface area contributed by atoms with Crippen LogP contribution in [0.4, 0.5) is 0 Å². The number of phosphoric acid groups is 1. The van der Waals surface area contributed by atoms with Gasteiger partial charge in [-0.2, -0.15) is 0 Å². The zero-order valence-electron chi connectivity index (χ0n) is 63.6. The monoisotopic (exact) mass is 1370 g/mol. The van der Waals surface area contributed by atoms with E-state index in [1.165, 1.54) is 276 Å². The molecule has 0 saturated heterocycles. The Morgan fingerprint density at radius 1 is 0.320 bits per heavy atom. The highest BCUT2D eigenvalue weighted by Crippen LogP contribution is 2.43. The third-order valence-electron chi connectivity index (χ3n) is 18.1. The number of ether oxygens (including phenoxy) is 2. The average Bonchev–Trinajstić information content (AvgIpc) is 2.69. The molecule has 0 spiro atoms. The third kappa shape index (κ3) is 81.5. The molecule has 3 N–H and O–H groups in total. The molecular weight excluding hydrogens is 1220 g/mol. The number of carbonyl (C=O) groups is 2. The van der Waals surface area contributed by atoms with Crippen molar-refractivity contribution in [1.82, 2.24) is 0 Å². The summed E-state index contributed by atoms with van der Waals surface area (Å²) in [5, 5.41) is 0. The van der Waals surface area contributed by atoms with E-state index in [1.807, 2.05) is 0 Å². The van der Waals surface area contributed by atoms with Crippen LogP contribution in [-0.4, -0.2) is 49.3 Å². The van der Waals surface area contributed by atoms with Gasteiger partial charge in [0, 0.05) is 19.4 Å². The van der Waals surface area contributed by atoms with E-state index in [2.05, 4.69) is 123 Å². The van der Waals surface area contributed by atoms with E-state index in [9.17, 15) is 19.0 Å². The largest absolute Gasteiger partial charge is 0.472 e. The maximum Gasteiger partial charge on any atom is 0.472 e. The van der Waals surface area contributed by atoms with Crippen LogP contribution in [0.3, 0.4) is 0 Å². The van der Waals surface area contributed by atoms with Crippen LogP contribution in [0.1, 0.15) is 399 Å². The summed E-state index contributed by atoms with van der Waals surface area (Å²) in [6.07, 6.45) is 114. The Labute approximate surface area is 600 Å². The topological polar surface area (TPSA) is 134 Å². The van der Waals surface area contributed by atoms with Crippen molar-refractivity contribution in [3.8, 4) is 0 Å². The summed E-state index contributed by atoms with van der Waals surface area (Å²) >= 11 is 0. The number of esters is 2. The number of carbonyl (C=O) groups excluding carboxylic acids is 2. The second-order valence-corrected chi connectivity index (χ2v) is 29.1. The van der Waals surface area contributed by atoms with Crippen molar-refractivity contribution in [2.45, 2.75) is 405 Å². The Balaban J connectivity index is 3.77. The number of nitrogens with two attached hydrogens (primary N) is 1. The van der Waals surface area contributed by atoms with Crippen molar-refractivity contribution in [2.75, 3.05) is 26.4 Å². The Morgan fingerprint density at radius 2 is 0.567 bits per heavy atom. The molecule has 0 bridgehead atoms. The quantitative estimate of drug-likeness (QED) is 0.0264. The van der Waals surface area contributed by atoms with Crippen molar-refractivity contribution in [3.05, 3.63) is 109 Å². The number of rotatable bonds is 78. The highest BCUT2D eigenvalue weighted by atomic mass is 31.2. The molecule has 0 heterocycles. The fourth-order valence-corrected chi connectivity index (χ4v) is 12.8. The number of unbranched alkanes of at least 4 members (excludes halogenated alkanes) is 47. The van der Waals surface area contributed by atoms with Gasteiger partial charge >= 0.3 is 19.8 Å². The molecule has 0 amide bonds. The Hall–Kier alpha value is -3.33. The van der Waals surface area contributed by atoms with E-state index in [0.29, 0.717) is 6.42 Å². The van der Waals surface area contributed by atoms with Gasteiger partial charge in [-0.15, -0.1) is 0 Å². The summed E-state index contributed by atoms with van der Waals surface area (Å²) in [4.78, 5) is 35.5. The maximum atomic E-state index is 12.8. The fourth-order valence-electron chi connectivity index (χ4n) is 12.1. The molecule has 0 aliphatic carbocycles. The van der Waals surface area contributed by atoms with Gasteiger partial charge in [-0.25, -0.2) is 4.57 Å². The second kappa shape index (κ2) is 81.6. The van der Waals surface area contributed by atoms with Gasteiger partial charge in [0.25, 0.3) is 0 Å². The van der Waals surface area contributed by atoms with Crippen molar-refractivity contribution in [1.29, 1.82) is 0 Å². The van der Waals surface area contributed by atoms with Crippen molar-refractivity contribution in [2.24, 2.45) is 5.73 Å². The van der Waals surface area contributed by atoms with Gasteiger partial charge in [0.1, 0.15) is 6.61 Å². The molecule has 97 heavy (non-hydrogen) atoms. The standard InChI is InChI=1S/C87H156NO8P/c1-3-5-7-9-11-13-15-17-19-21-23-25-27-29-31-33-35-37-39-40-41-42-43-44-46-47-49-51-53-55-57-59-61-63-65-67-69-71-73-75-77-79-86(89)93-83-85(84-95-97(91,92)94-82-81-88)96-87(90)80-78-76-74-72-70-68-66-64-62-60-58-56-54-52-50-48-45-38-36-34-32-30-28-26-24-22-20-18-16-14-12-10-8-6-4-2/h6,8,12,14-15,17-18,20-21,23-24,26-27,29-30,32,36,38,85H,3-5,7,9-11,13,16,19,22,25,28,31,33-35,37,39-84,88H2,1-2H3,(H,91,92)/b8-6-,14-12-,17-15-,20-18-,23-21-,26-24-,29-27-,32-30-,38-36-. The van der Waals surface area contributed by atoms with Gasteiger partial charge in [0.2, 0.25) is 0 Å². The molecule has 0 radical (unpaired) electrons. The zero-order chi connectivity index (χ0) is 70.0. The molecule has 2 atom stereocenters. The molecule has 0 aliphatic rings. The maximum absolute atomic E-state index is 12.8. The van der Waals surface area contributed by atoms with Crippen molar-refractivity contribution in [3.63, 3.8) is 0 Å². The lowest BCUT2D eigenvalue weighted by Crippen LogP contribution is -2.29. The van der Waals surface area contributed by atoms with E-state index in [0.717, 1.165) is 89.9 Å². The predicted molar refractivity (Wildman–Crippen MR) is 422 cm³/mol. The average molecular weight is 1380 g/mol. The normalized spacial score (nSPS) is 13.4. The highest BCUT2D eigenvalue weighted by molar-refractivity contribution is 7.47. The Bertz CT molecular complexity index is 1970. The lowest BCUT2D eigenvalue weighted by Gasteiger charge is -2.19. The Kier molecular flexibility index (Phi) is 78.8. The van der Waals surface area contributed by atoms with Gasteiger partial charge in [0.15, 0.2) is 6.10 Å². The fraction of sp³-hybridized carbons (Fsp3) is 0.770. The third-order valence-corrected chi connectivity index (χ3v) is 19.1. The number of phosphoric ester groups is 1. The summed E-state index contributed by atoms with van der Waals surface area (Å²) in [7, 11) is -4.40. The number of hydrogen-bond acceptors (Lipinski definition) is 8. The molecular formula is C87H156NO8P. The molecule has 0 aromatic rings. The van der Waals surface area contributed by atoms with E-state index < -0.39 is 26.5 Å². The minimum absolute atomic E-state index is 0.0524. The van der Waals surface area contributed by atoms with Crippen LogP contribution in [0.2, 0.25) is 0 Å². The van der Waals surface area contributed by atoms with E-state index in [-0.39, 0.29) is 38.6 Å². The SMILES string of the molecule is CC/C=C\C/C=C\C/C=C\C/C=C\C/C=C\C/C=C\CCCCCCCCCCCCCCCCCCC(=O)OC(COC(=O)CCCCCCCCCCCCCCCCCCCCCCCCCCCC/C=C\C/C=C\C/C=C\CCCCCCC)COP(=O)(O)OCCN.